The Balaban J connectivity index is 1.52. The van der Waals surface area contributed by atoms with Crippen LogP contribution in [0.25, 0.3) is 0 Å². The van der Waals surface area contributed by atoms with Crippen LogP contribution in [0.15, 0.2) is 23.2 Å². The van der Waals surface area contributed by atoms with E-state index in [1.807, 2.05) is 4.68 Å². The average molecular weight is 363 g/mol. The van der Waals surface area contributed by atoms with Crippen LogP contribution in [0, 0.1) is 0 Å². The van der Waals surface area contributed by atoms with Crippen LogP contribution in [0.1, 0.15) is 41.9 Å². The monoisotopic (exact) mass is 363 g/mol. The first kappa shape index (κ1) is 16.2. The highest BCUT2D eigenvalue weighted by atomic mass is 32.2. The zero-order valence-corrected chi connectivity index (χ0v) is 14.7. The summed E-state index contributed by atoms with van der Waals surface area (Å²) in [6.07, 6.45) is 6.39. The molecule has 0 bridgehead atoms. The van der Waals surface area contributed by atoms with Gasteiger partial charge in [0.1, 0.15) is 10.6 Å². The third-order valence-electron chi connectivity index (χ3n) is 4.75. The Bertz CT molecular complexity index is 869. The second kappa shape index (κ2) is 6.21. The molecule has 1 saturated heterocycles. The number of nitrogens with zero attached hydrogens (tertiary/aromatic N) is 3. The number of carbonyl (C=O) groups excluding carboxylic acids is 1. The standard InChI is InChI=1S/C16H21N5O3S/c22-16(20-6-3-4-7-20)14-10-13(11-17-14)25(23,24)19-15-9-12-5-1-2-8-21(12)18-15/h9-11,17H,1-8H2,(H,18,19). The lowest BCUT2D eigenvalue weighted by molar-refractivity contribution is 0.0787. The number of fused-ring (bicyclic) bond motifs is 1. The molecule has 25 heavy (non-hydrogen) atoms. The summed E-state index contributed by atoms with van der Waals surface area (Å²) in [7, 11) is -3.78. The van der Waals surface area contributed by atoms with E-state index in [1.165, 1.54) is 12.3 Å². The van der Waals surface area contributed by atoms with Crippen LogP contribution in [-0.2, 0) is 23.0 Å². The molecule has 1 amide bonds. The lowest BCUT2D eigenvalue weighted by Crippen LogP contribution is -2.27. The van der Waals surface area contributed by atoms with Crippen molar-refractivity contribution in [3.63, 3.8) is 0 Å². The molecule has 2 aromatic rings. The van der Waals surface area contributed by atoms with E-state index in [1.54, 1.807) is 11.0 Å². The third-order valence-corrected chi connectivity index (χ3v) is 6.08. The van der Waals surface area contributed by atoms with Gasteiger partial charge in [-0.1, -0.05) is 0 Å². The van der Waals surface area contributed by atoms with Gasteiger partial charge in [0.2, 0.25) is 0 Å². The van der Waals surface area contributed by atoms with Crippen molar-refractivity contribution < 1.29 is 13.2 Å². The number of aromatic nitrogens is 3. The molecule has 2 N–H and O–H groups in total. The summed E-state index contributed by atoms with van der Waals surface area (Å²) in [4.78, 5) is 16.9. The SMILES string of the molecule is O=C(c1cc(S(=O)(=O)Nc2cc3n(n2)CCCC3)c[nH]1)N1CCCC1. The molecular weight excluding hydrogens is 342 g/mol. The molecule has 0 unspecified atom stereocenters. The molecule has 0 aromatic carbocycles. The molecular formula is C16H21N5O3S. The molecule has 0 aliphatic carbocycles. The number of carbonyl (C=O) groups is 1. The number of aryl methyl sites for hydroxylation is 2. The van der Waals surface area contributed by atoms with Gasteiger partial charge in [-0.3, -0.25) is 14.2 Å². The molecule has 8 nitrogen and oxygen atoms in total. The van der Waals surface area contributed by atoms with Gasteiger partial charge in [0.05, 0.1) is 0 Å². The van der Waals surface area contributed by atoms with E-state index in [9.17, 15) is 13.2 Å². The van der Waals surface area contributed by atoms with Crippen molar-refractivity contribution in [2.45, 2.75) is 43.5 Å². The van der Waals surface area contributed by atoms with Crippen molar-refractivity contribution in [3.05, 3.63) is 29.7 Å². The van der Waals surface area contributed by atoms with Crippen molar-refractivity contribution in [2.75, 3.05) is 17.8 Å². The highest BCUT2D eigenvalue weighted by Crippen LogP contribution is 2.21. The van der Waals surface area contributed by atoms with Crippen LogP contribution >= 0.6 is 0 Å². The fourth-order valence-electron chi connectivity index (χ4n) is 3.41. The summed E-state index contributed by atoms with van der Waals surface area (Å²) >= 11 is 0. The van der Waals surface area contributed by atoms with Gasteiger partial charge in [-0.2, -0.15) is 5.10 Å². The van der Waals surface area contributed by atoms with Crippen LogP contribution in [-0.4, -0.2) is 47.1 Å². The van der Waals surface area contributed by atoms with E-state index in [0.29, 0.717) is 11.5 Å². The van der Waals surface area contributed by atoms with E-state index in [2.05, 4.69) is 14.8 Å². The Kier molecular flexibility index (Phi) is 4.03. The van der Waals surface area contributed by atoms with Crippen LogP contribution in [0.5, 0.6) is 0 Å². The largest absolute Gasteiger partial charge is 0.356 e. The van der Waals surface area contributed by atoms with Gasteiger partial charge in [-0.15, -0.1) is 0 Å². The van der Waals surface area contributed by atoms with E-state index >= 15 is 0 Å². The molecule has 0 radical (unpaired) electrons. The number of amides is 1. The normalized spacial score (nSPS) is 17.5. The number of likely N-dealkylation sites (tertiary alicyclic amines) is 1. The Labute approximate surface area is 146 Å². The van der Waals surface area contributed by atoms with Gasteiger partial charge in [0.25, 0.3) is 15.9 Å². The summed E-state index contributed by atoms with van der Waals surface area (Å²) in [5.41, 5.74) is 1.34. The number of rotatable bonds is 4. The smallest absolute Gasteiger partial charge is 0.270 e. The van der Waals surface area contributed by atoms with Crippen molar-refractivity contribution in [3.8, 4) is 0 Å². The number of nitrogens with one attached hydrogen (secondary N) is 2. The van der Waals surface area contributed by atoms with Crippen molar-refractivity contribution in [2.24, 2.45) is 0 Å². The molecule has 2 aliphatic heterocycles. The van der Waals surface area contributed by atoms with Crippen LogP contribution in [0.3, 0.4) is 0 Å². The second-order valence-corrected chi connectivity index (χ2v) is 8.24. The van der Waals surface area contributed by atoms with E-state index in [-0.39, 0.29) is 10.8 Å². The number of anilines is 1. The van der Waals surface area contributed by atoms with Gasteiger partial charge in [-0.05, 0) is 38.2 Å². The van der Waals surface area contributed by atoms with E-state index in [4.69, 9.17) is 0 Å². The van der Waals surface area contributed by atoms with Crippen molar-refractivity contribution >= 4 is 21.7 Å². The number of hydrogen-bond donors (Lipinski definition) is 2. The van der Waals surface area contributed by atoms with E-state index in [0.717, 1.165) is 57.4 Å². The Hall–Kier alpha value is -2.29. The minimum atomic E-state index is -3.78. The van der Waals surface area contributed by atoms with Crippen molar-refractivity contribution in [1.29, 1.82) is 0 Å². The minimum absolute atomic E-state index is 0.0426. The Morgan fingerprint density at radius 2 is 1.88 bits per heavy atom. The summed E-state index contributed by atoms with van der Waals surface area (Å²) in [6.45, 7) is 2.26. The van der Waals surface area contributed by atoms with Crippen LogP contribution in [0.2, 0.25) is 0 Å². The molecule has 0 atom stereocenters. The molecule has 2 aromatic heterocycles. The zero-order valence-electron chi connectivity index (χ0n) is 13.9. The van der Waals surface area contributed by atoms with Crippen LogP contribution in [0.4, 0.5) is 5.82 Å². The first-order valence-corrected chi connectivity index (χ1v) is 10.1. The van der Waals surface area contributed by atoms with Gasteiger partial charge in [-0.25, -0.2) is 8.42 Å². The molecule has 134 valence electrons. The highest BCUT2D eigenvalue weighted by Gasteiger charge is 2.24. The summed E-state index contributed by atoms with van der Waals surface area (Å²) in [5.74, 6) is 0.168. The molecule has 0 spiro atoms. The average Bonchev–Trinajstić information content (AvgIpc) is 3.32. The van der Waals surface area contributed by atoms with Gasteiger partial charge >= 0.3 is 0 Å². The predicted octanol–water partition coefficient (Wildman–Crippen LogP) is 1.58. The van der Waals surface area contributed by atoms with Crippen LogP contribution < -0.4 is 4.72 Å². The molecule has 1 fully saturated rings. The predicted molar refractivity (Wildman–Crippen MR) is 91.9 cm³/mol. The first-order chi connectivity index (χ1) is 12.0. The lowest BCUT2D eigenvalue weighted by Gasteiger charge is -2.13. The lowest BCUT2D eigenvalue weighted by atomic mass is 10.1. The second-order valence-electron chi connectivity index (χ2n) is 6.56. The maximum Gasteiger partial charge on any atom is 0.270 e. The molecule has 4 rings (SSSR count). The highest BCUT2D eigenvalue weighted by molar-refractivity contribution is 7.92. The molecule has 4 heterocycles. The summed E-state index contributed by atoms with van der Waals surface area (Å²) in [5, 5.41) is 4.31. The van der Waals surface area contributed by atoms with Gasteiger partial charge in [0.15, 0.2) is 5.82 Å². The summed E-state index contributed by atoms with van der Waals surface area (Å²) in [6, 6.07) is 3.17. The fourth-order valence-corrected chi connectivity index (χ4v) is 4.39. The van der Waals surface area contributed by atoms with Crippen molar-refractivity contribution in [1.82, 2.24) is 19.7 Å². The fraction of sp³-hybridized carbons (Fsp3) is 0.500. The third kappa shape index (κ3) is 3.15. The minimum Gasteiger partial charge on any atom is -0.356 e. The maximum atomic E-state index is 12.6. The number of sulfonamides is 1. The Morgan fingerprint density at radius 3 is 2.64 bits per heavy atom. The topological polar surface area (TPSA) is 100 Å². The molecule has 0 saturated carbocycles. The maximum absolute atomic E-state index is 12.6. The Morgan fingerprint density at radius 1 is 1.12 bits per heavy atom. The van der Waals surface area contributed by atoms with Gasteiger partial charge in [0, 0.05) is 37.6 Å². The molecule has 9 heteroatoms. The van der Waals surface area contributed by atoms with E-state index < -0.39 is 10.0 Å². The number of hydrogen-bond acceptors (Lipinski definition) is 4. The zero-order chi connectivity index (χ0) is 17.4. The number of aromatic amines is 1. The molecule has 2 aliphatic rings. The van der Waals surface area contributed by atoms with Gasteiger partial charge < -0.3 is 9.88 Å². The summed E-state index contributed by atoms with van der Waals surface area (Å²) < 4.78 is 29.5. The number of H-pyrrole nitrogens is 1. The quantitative estimate of drug-likeness (QED) is 0.861. The first-order valence-electron chi connectivity index (χ1n) is 8.60.